The third kappa shape index (κ3) is 5.15. The average molecular weight is 393 g/mol. The molecule has 0 unspecified atom stereocenters. The number of nitrogens with one attached hydrogen (secondary N) is 1. The van der Waals surface area contributed by atoms with E-state index in [0.29, 0.717) is 17.9 Å². The van der Waals surface area contributed by atoms with Gasteiger partial charge in [-0.25, -0.2) is 0 Å². The van der Waals surface area contributed by atoms with Gasteiger partial charge in [-0.3, -0.25) is 4.84 Å². The van der Waals surface area contributed by atoms with Gasteiger partial charge in [0.05, 0.1) is 26.9 Å². The van der Waals surface area contributed by atoms with Crippen LogP contribution in [0.5, 0.6) is 11.5 Å². The van der Waals surface area contributed by atoms with Crippen molar-refractivity contribution in [3.05, 3.63) is 84.4 Å². The fourth-order valence-electron chi connectivity index (χ4n) is 3.23. The van der Waals surface area contributed by atoms with E-state index in [9.17, 15) is 5.11 Å². The van der Waals surface area contributed by atoms with Gasteiger partial charge in [-0.15, -0.1) is 6.58 Å². The molecule has 0 amide bonds. The van der Waals surface area contributed by atoms with Crippen molar-refractivity contribution >= 4 is 10.8 Å². The van der Waals surface area contributed by atoms with Crippen LogP contribution in [0.15, 0.2) is 73.3 Å². The first-order valence-corrected chi connectivity index (χ1v) is 9.53. The summed E-state index contributed by atoms with van der Waals surface area (Å²) in [5.74, 6) is 1.32. The molecule has 0 aliphatic carbocycles. The normalized spacial score (nSPS) is 13.1. The zero-order valence-corrected chi connectivity index (χ0v) is 16.8. The number of hydrogen-bond acceptors (Lipinski definition) is 5. The highest BCUT2D eigenvalue weighted by Crippen LogP contribution is 2.31. The first-order valence-electron chi connectivity index (χ1n) is 9.53. The van der Waals surface area contributed by atoms with E-state index >= 15 is 0 Å². The van der Waals surface area contributed by atoms with Crippen molar-refractivity contribution in [2.45, 2.75) is 18.6 Å². The Morgan fingerprint density at radius 2 is 1.66 bits per heavy atom. The first kappa shape index (κ1) is 20.9. The largest absolute Gasteiger partial charge is 0.493 e. The minimum absolute atomic E-state index is 0.124. The van der Waals surface area contributed by atoms with Gasteiger partial charge in [0.25, 0.3) is 0 Å². The van der Waals surface area contributed by atoms with Crippen molar-refractivity contribution in [2.24, 2.45) is 0 Å². The Bertz CT molecular complexity index is 957. The molecule has 0 heterocycles. The number of benzene rings is 3. The minimum Gasteiger partial charge on any atom is -0.493 e. The predicted octanol–water partition coefficient (Wildman–Crippen LogP) is 4.73. The SMILES string of the molecule is C=CC[C@H](NOC[C@H](O)c1ccc2ccccc2c1)c1ccc(OC)c(OC)c1. The second kappa shape index (κ2) is 10.1. The molecule has 0 fully saturated rings. The van der Waals surface area contributed by atoms with E-state index in [1.165, 1.54) is 0 Å². The Labute approximate surface area is 171 Å². The molecule has 0 aromatic heterocycles. The van der Waals surface area contributed by atoms with Gasteiger partial charge < -0.3 is 14.6 Å². The molecule has 3 rings (SSSR count). The van der Waals surface area contributed by atoms with Gasteiger partial charge in [-0.05, 0) is 46.5 Å². The van der Waals surface area contributed by atoms with E-state index in [-0.39, 0.29) is 12.6 Å². The van der Waals surface area contributed by atoms with Gasteiger partial charge in [0, 0.05) is 0 Å². The van der Waals surface area contributed by atoms with Gasteiger partial charge in [-0.2, -0.15) is 5.48 Å². The van der Waals surface area contributed by atoms with Crippen molar-refractivity contribution in [1.82, 2.24) is 5.48 Å². The van der Waals surface area contributed by atoms with Crippen LogP contribution in [-0.2, 0) is 4.84 Å². The van der Waals surface area contributed by atoms with Crippen LogP contribution >= 0.6 is 0 Å². The van der Waals surface area contributed by atoms with Gasteiger partial charge >= 0.3 is 0 Å². The number of fused-ring (bicyclic) bond motifs is 1. The van der Waals surface area contributed by atoms with E-state index in [2.05, 4.69) is 12.1 Å². The summed E-state index contributed by atoms with van der Waals surface area (Å²) < 4.78 is 10.7. The summed E-state index contributed by atoms with van der Waals surface area (Å²) in [4.78, 5) is 5.64. The number of aliphatic hydroxyl groups excluding tert-OH is 1. The molecule has 2 atom stereocenters. The highest BCUT2D eigenvalue weighted by atomic mass is 16.6. The summed E-state index contributed by atoms with van der Waals surface area (Å²) in [7, 11) is 3.21. The van der Waals surface area contributed by atoms with Gasteiger partial charge in [-0.1, -0.05) is 48.5 Å². The quantitative estimate of drug-likeness (QED) is 0.385. The van der Waals surface area contributed by atoms with Crippen LogP contribution in [-0.4, -0.2) is 25.9 Å². The molecule has 0 aliphatic heterocycles. The van der Waals surface area contributed by atoms with Crippen molar-refractivity contribution in [3.63, 3.8) is 0 Å². The molecule has 0 aliphatic rings. The maximum absolute atomic E-state index is 10.5. The lowest BCUT2D eigenvalue weighted by Gasteiger charge is -2.20. The molecule has 3 aromatic carbocycles. The third-order valence-electron chi connectivity index (χ3n) is 4.84. The van der Waals surface area contributed by atoms with Crippen LogP contribution in [0.25, 0.3) is 10.8 Å². The molecule has 0 bridgehead atoms. The molecule has 3 aromatic rings. The summed E-state index contributed by atoms with van der Waals surface area (Å²) in [6, 6.07) is 19.6. The molecule has 0 saturated heterocycles. The second-order valence-electron chi connectivity index (χ2n) is 6.74. The molecule has 0 radical (unpaired) electrons. The number of hydroxylamine groups is 1. The number of aliphatic hydroxyl groups is 1. The van der Waals surface area contributed by atoms with Crippen molar-refractivity contribution in [1.29, 1.82) is 0 Å². The minimum atomic E-state index is -0.734. The smallest absolute Gasteiger partial charge is 0.161 e. The maximum Gasteiger partial charge on any atom is 0.161 e. The molecular formula is C24H27NO4. The maximum atomic E-state index is 10.5. The van der Waals surface area contributed by atoms with Gasteiger partial charge in [0.1, 0.15) is 6.10 Å². The van der Waals surface area contributed by atoms with E-state index in [1.54, 1.807) is 14.2 Å². The Kier molecular flexibility index (Phi) is 7.25. The Hall–Kier alpha value is -2.86. The Balaban J connectivity index is 1.64. The highest BCUT2D eigenvalue weighted by molar-refractivity contribution is 5.83. The van der Waals surface area contributed by atoms with Crippen LogP contribution < -0.4 is 15.0 Å². The van der Waals surface area contributed by atoms with E-state index in [1.807, 2.05) is 66.7 Å². The summed E-state index contributed by atoms with van der Waals surface area (Å²) in [6.07, 6.45) is 1.74. The second-order valence-corrected chi connectivity index (χ2v) is 6.74. The third-order valence-corrected chi connectivity index (χ3v) is 4.84. The van der Waals surface area contributed by atoms with E-state index in [0.717, 1.165) is 21.9 Å². The summed E-state index contributed by atoms with van der Waals surface area (Å²) >= 11 is 0. The van der Waals surface area contributed by atoms with Crippen molar-refractivity contribution in [2.75, 3.05) is 20.8 Å². The number of ether oxygens (including phenoxy) is 2. The molecule has 152 valence electrons. The summed E-state index contributed by atoms with van der Waals surface area (Å²) in [5.41, 5.74) is 4.83. The van der Waals surface area contributed by atoms with E-state index < -0.39 is 6.10 Å². The molecule has 5 heteroatoms. The Morgan fingerprint density at radius 3 is 2.38 bits per heavy atom. The van der Waals surface area contributed by atoms with Gasteiger partial charge in [0.2, 0.25) is 0 Å². The summed E-state index contributed by atoms with van der Waals surface area (Å²) in [6.45, 7) is 3.95. The monoisotopic (exact) mass is 393 g/mol. The summed E-state index contributed by atoms with van der Waals surface area (Å²) in [5, 5.41) is 12.8. The topological polar surface area (TPSA) is 60.0 Å². The fraction of sp³-hybridized carbons (Fsp3) is 0.250. The van der Waals surface area contributed by atoms with Crippen molar-refractivity contribution in [3.8, 4) is 11.5 Å². The van der Waals surface area contributed by atoms with Gasteiger partial charge in [0.15, 0.2) is 11.5 Å². The Morgan fingerprint density at radius 1 is 0.931 bits per heavy atom. The standard InChI is InChI=1S/C24H27NO4/c1-4-7-21(19-12-13-23(27-2)24(15-19)28-3)25-29-16-22(26)20-11-10-17-8-5-6-9-18(17)14-20/h4-6,8-15,21-22,25-26H,1,7,16H2,2-3H3/t21-,22-/m0/s1. The van der Waals surface area contributed by atoms with Crippen LogP contribution in [0.2, 0.25) is 0 Å². The molecule has 0 saturated carbocycles. The molecule has 29 heavy (non-hydrogen) atoms. The lowest BCUT2D eigenvalue weighted by Crippen LogP contribution is -2.24. The predicted molar refractivity (Wildman–Crippen MR) is 115 cm³/mol. The van der Waals surface area contributed by atoms with Crippen LogP contribution in [0, 0.1) is 0 Å². The van der Waals surface area contributed by atoms with Crippen LogP contribution in [0.3, 0.4) is 0 Å². The van der Waals surface area contributed by atoms with Crippen molar-refractivity contribution < 1.29 is 19.4 Å². The molecular weight excluding hydrogens is 366 g/mol. The number of rotatable bonds is 10. The van der Waals surface area contributed by atoms with Crippen LogP contribution in [0.1, 0.15) is 29.7 Å². The molecule has 2 N–H and O–H groups in total. The van der Waals surface area contributed by atoms with Crippen LogP contribution in [0.4, 0.5) is 0 Å². The zero-order chi connectivity index (χ0) is 20.6. The lowest BCUT2D eigenvalue weighted by molar-refractivity contribution is -0.0362. The highest BCUT2D eigenvalue weighted by Gasteiger charge is 2.15. The number of methoxy groups -OCH3 is 2. The lowest BCUT2D eigenvalue weighted by atomic mass is 10.0. The first-order chi connectivity index (χ1) is 14.2. The zero-order valence-electron chi connectivity index (χ0n) is 16.8. The number of hydrogen-bond donors (Lipinski definition) is 2. The van der Waals surface area contributed by atoms with E-state index in [4.69, 9.17) is 14.3 Å². The molecule has 0 spiro atoms. The average Bonchev–Trinajstić information content (AvgIpc) is 2.77. The fourth-order valence-corrected chi connectivity index (χ4v) is 3.23. The molecule has 5 nitrogen and oxygen atoms in total.